The van der Waals surface area contributed by atoms with Crippen molar-refractivity contribution >= 4 is 29.1 Å². The summed E-state index contributed by atoms with van der Waals surface area (Å²) >= 11 is 1.44. The normalized spacial score (nSPS) is 15.5. The van der Waals surface area contributed by atoms with Crippen molar-refractivity contribution in [3.8, 4) is 0 Å². The first-order valence-corrected chi connectivity index (χ1v) is 11.4. The first kappa shape index (κ1) is 22.0. The molecule has 160 valence electrons. The minimum absolute atomic E-state index is 0.0118. The molecule has 2 N–H and O–H groups in total. The maximum Gasteiger partial charge on any atom is 0.263 e. The van der Waals surface area contributed by atoms with Crippen molar-refractivity contribution in [2.75, 3.05) is 19.6 Å². The summed E-state index contributed by atoms with van der Waals surface area (Å²) in [5.41, 5.74) is 1.45. The Hall–Kier alpha value is -2.67. The first-order chi connectivity index (χ1) is 14.5. The summed E-state index contributed by atoms with van der Waals surface area (Å²) in [5, 5.41) is 7.79. The van der Waals surface area contributed by atoms with E-state index in [0.29, 0.717) is 38.0 Å². The number of thiophene rings is 1. The number of carbonyl (C=O) groups excluding carboxylic acids is 3. The van der Waals surface area contributed by atoms with Crippen LogP contribution in [0.3, 0.4) is 0 Å². The maximum absolute atomic E-state index is 12.9. The molecule has 0 saturated carbocycles. The molecule has 2 heterocycles. The van der Waals surface area contributed by atoms with Crippen LogP contribution in [0.1, 0.15) is 51.8 Å². The van der Waals surface area contributed by atoms with E-state index in [1.807, 2.05) is 54.5 Å². The van der Waals surface area contributed by atoms with Gasteiger partial charge in [0.2, 0.25) is 5.91 Å². The fraction of sp³-hybridized carbons (Fsp3) is 0.435. The monoisotopic (exact) mass is 427 g/mol. The van der Waals surface area contributed by atoms with Crippen molar-refractivity contribution in [1.29, 1.82) is 0 Å². The highest BCUT2D eigenvalue weighted by Crippen LogP contribution is 2.24. The van der Waals surface area contributed by atoms with Crippen molar-refractivity contribution < 1.29 is 14.4 Å². The standard InChI is InChI=1S/C23H29N3O3S/c1-3-12-24-22(28)20(25-21(27)18-8-5-4-7-16(18)2)17-10-13-26(14-11-17)23(29)19-9-6-15-30-19/h4-9,15,17,20H,3,10-14H2,1-2H3,(H,24,28)(H,25,27)/t20-/m0/s1. The van der Waals surface area contributed by atoms with Gasteiger partial charge in [0, 0.05) is 25.2 Å². The molecule has 1 aliphatic rings. The molecule has 6 nitrogen and oxygen atoms in total. The van der Waals surface area contributed by atoms with Gasteiger partial charge in [-0.2, -0.15) is 0 Å². The predicted molar refractivity (Wildman–Crippen MR) is 119 cm³/mol. The maximum atomic E-state index is 12.9. The second kappa shape index (κ2) is 10.4. The molecule has 7 heteroatoms. The molecular formula is C23H29N3O3S. The summed E-state index contributed by atoms with van der Waals surface area (Å²) < 4.78 is 0. The van der Waals surface area contributed by atoms with Crippen LogP contribution in [0, 0.1) is 12.8 Å². The van der Waals surface area contributed by atoms with Crippen LogP contribution in [0.5, 0.6) is 0 Å². The highest BCUT2D eigenvalue weighted by atomic mass is 32.1. The Morgan fingerprint density at radius 1 is 1.13 bits per heavy atom. The lowest BCUT2D eigenvalue weighted by Crippen LogP contribution is -2.54. The predicted octanol–water partition coefficient (Wildman–Crippen LogP) is 3.23. The molecule has 0 radical (unpaired) electrons. The van der Waals surface area contributed by atoms with Crippen molar-refractivity contribution in [1.82, 2.24) is 15.5 Å². The van der Waals surface area contributed by atoms with E-state index >= 15 is 0 Å². The zero-order valence-electron chi connectivity index (χ0n) is 17.5. The fourth-order valence-electron chi connectivity index (χ4n) is 3.79. The van der Waals surface area contributed by atoms with Crippen LogP contribution in [0.2, 0.25) is 0 Å². The molecule has 0 unspecified atom stereocenters. The lowest BCUT2D eigenvalue weighted by Gasteiger charge is -2.35. The summed E-state index contributed by atoms with van der Waals surface area (Å²) in [5.74, 6) is -0.356. The van der Waals surface area contributed by atoms with Crippen molar-refractivity contribution in [3.05, 3.63) is 57.8 Å². The third-order valence-corrected chi connectivity index (χ3v) is 6.40. The molecule has 1 fully saturated rings. The Morgan fingerprint density at radius 2 is 1.87 bits per heavy atom. The molecule has 30 heavy (non-hydrogen) atoms. The average Bonchev–Trinajstić information content (AvgIpc) is 3.30. The summed E-state index contributed by atoms with van der Waals surface area (Å²) in [6.07, 6.45) is 2.18. The molecular weight excluding hydrogens is 398 g/mol. The van der Waals surface area contributed by atoms with E-state index in [1.54, 1.807) is 6.07 Å². The van der Waals surface area contributed by atoms with Gasteiger partial charge in [-0.3, -0.25) is 14.4 Å². The highest BCUT2D eigenvalue weighted by molar-refractivity contribution is 7.12. The number of hydrogen-bond donors (Lipinski definition) is 2. The second-order valence-electron chi connectivity index (χ2n) is 7.66. The second-order valence-corrected chi connectivity index (χ2v) is 8.61. The summed E-state index contributed by atoms with van der Waals surface area (Å²) in [4.78, 5) is 40.9. The van der Waals surface area contributed by atoms with Crippen molar-refractivity contribution in [3.63, 3.8) is 0 Å². The molecule has 0 bridgehead atoms. The van der Waals surface area contributed by atoms with Gasteiger partial charge in [0.15, 0.2) is 0 Å². The van der Waals surface area contributed by atoms with Gasteiger partial charge < -0.3 is 15.5 Å². The van der Waals surface area contributed by atoms with Crippen LogP contribution in [0.15, 0.2) is 41.8 Å². The number of nitrogens with one attached hydrogen (secondary N) is 2. The summed E-state index contributed by atoms with van der Waals surface area (Å²) in [6, 6.07) is 10.5. The van der Waals surface area contributed by atoms with Crippen molar-refractivity contribution in [2.45, 2.75) is 39.2 Å². The lowest BCUT2D eigenvalue weighted by atomic mass is 9.88. The quantitative estimate of drug-likeness (QED) is 0.712. The molecule has 3 rings (SSSR count). The van der Waals surface area contributed by atoms with Gasteiger partial charge in [-0.1, -0.05) is 31.2 Å². The van der Waals surface area contributed by atoms with Gasteiger partial charge in [0.25, 0.3) is 11.8 Å². The molecule has 1 aromatic heterocycles. The van der Waals surface area contributed by atoms with Crippen LogP contribution in [-0.2, 0) is 4.79 Å². The number of rotatable bonds is 7. The summed E-state index contributed by atoms with van der Waals surface area (Å²) in [6.45, 7) is 5.62. The number of hydrogen-bond acceptors (Lipinski definition) is 4. The minimum atomic E-state index is -0.609. The molecule has 1 aliphatic heterocycles. The van der Waals surface area contributed by atoms with E-state index in [2.05, 4.69) is 10.6 Å². The Balaban J connectivity index is 1.68. The Labute approximate surface area is 181 Å². The van der Waals surface area contributed by atoms with E-state index in [1.165, 1.54) is 11.3 Å². The molecule has 1 aromatic carbocycles. The number of nitrogens with zero attached hydrogens (tertiary/aromatic N) is 1. The molecule has 1 atom stereocenters. The number of piperidine rings is 1. The zero-order chi connectivity index (χ0) is 21.5. The number of benzene rings is 1. The average molecular weight is 428 g/mol. The van der Waals surface area contributed by atoms with Gasteiger partial charge in [0.1, 0.15) is 6.04 Å². The molecule has 1 saturated heterocycles. The fourth-order valence-corrected chi connectivity index (χ4v) is 4.49. The molecule has 2 aromatic rings. The van der Waals surface area contributed by atoms with Crippen LogP contribution < -0.4 is 10.6 Å². The van der Waals surface area contributed by atoms with Gasteiger partial charge in [-0.15, -0.1) is 11.3 Å². The van der Waals surface area contributed by atoms with Gasteiger partial charge in [0.05, 0.1) is 4.88 Å². The SMILES string of the molecule is CCCNC(=O)[C@@H](NC(=O)c1ccccc1C)C1CCN(C(=O)c2cccs2)CC1. The zero-order valence-corrected chi connectivity index (χ0v) is 18.3. The van der Waals surface area contributed by atoms with Crippen LogP contribution in [0.4, 0.5) is 0 Å². The van der Waals surface area contributed by atoms with Gasteiger partial charge >= 0.3 is 0 Å². The van der Waals surface area contributed by atoms with E-state index in [-0.39, 0.29) is 23.6 Å². The number of carbonyl (C=O) groups is 3. The van der Waals surface area contributed by atoms with E-state index in [0.717, 1.165) is 16.9 Å². The van der Waals surface area contributed by atoms with E-state index in [4.69, 9.17) is 0 Å². The molecule has 0 spiro atoms. The van der Waals surface area contributed by atoms with Crippen LogP contribution in [-0.4, -0.2) is 48.3 Å². The third kappa shape index (κ3) is 5.27. The minimum Gasteiger partial charge on any atom is -0.354 e. The van der Waals surface area contributed by atoms with Crippen LogP contribution >= 0.6 is 11.3 Å². The van der Waals surface area contributed by atoms with Gasteiger partial charge in [-0.25, -0.2) is 0 Å². The largest absolute Gasteiger partial charge is 0.354 e. The smallest absolute Gasteiger partial charge is 0.263 e. The molecule has 0 aliphatic carbocycles. The van der Waals surface area contributed by atoms with Gasteiger partial charge in [-0.05, 0) is 55.2 Å². The Bertz CT molecular complexity index is 874. The summed E-state index contributed by atoms with van der Waals surface area (Å²) in [7, 11) is 0. The van der Waals surface area contributed by atoms with E-state index in [9.17, 15) is 14.4 Å². The third-order valence-electron chi connectivity index (χ3n) is 5.54. The number of aryl methyl sites for hydroxylation is 1. The molecule has 3 amide bonds. The number of amides is 3. The van der Waals surface area contributed by atoms with E-state index < -0.39 is 6.04 Å². The first-order valence-electron chi connectivity index (χ1n) is 10.5. The Morgan fingerprint density at radius 3 is 2.50 bits per heavy atom. The lowest BCUT2D eigenvalue weighted by molar-refractivity contribution is -0.124. The van der Waals surface area contributed by atoms with Crippen LogP contribution in [0.25, 0.3) is 0 Å². The number of likely N-dealkylation sites (tertiary alicyclic amines) is 1. The van der Waals surface area contributed by atoms with Crippen molar-refractivity contribution in [2.24, 2.45) is 5.92 Å². The Kier molecular flexibility index (Phi) is 7.63. The highest BCUT2D eigenvalue weighted by Gasteiger charge is 2.34. The topological polar surface area (TPSA) is 78.5 Å².